The van der Waals surface area contributed by atoms with E-state index in [4.69, 9.17) is 4.74 Å². The van der Waals surface area contributed by atoms with Crippen LogP contribution in [0.4, 0.5) is 0 Å². The predicted octanol–water partition coefficient (Wildman–Crippen LogP) is 1.65. The zero-order valence-electron chi connectivity index (χ0n) is 13.4. The van der Waals surface area contributed by atoms with Crippen LogP contribution in [0.3, 0.4) is 0 Å². The van der Waals surface area contributed by atoms with Gasteiger partial charge in [0.2, 0.25) is 0 Å². The molecule has 0 saturated heterocycles. The van der Waals surface area contributed by atoms with E-state index in [0.717, 1.165) is 17.4 Å². The van der Waals surface area contributed by atoms with E-state index in [-0.39, 0.29) is 11.4 Å². The summed E-state index contributed by atoms with van der Waals surface area (Å²) in [5.41, 5.74) is -0.528. The standard InChI is InChI=1S/C14H31N2O2/c1-13(2,3)11-14(4,15-5)12(17)18-10-9-16(6,7)8/h15H,9-11H2,1-8H3/q+1. The molecule has 0 aromatic heterocycles. The number of ether oxygens (including phenoxy) is 1. The maximum atomic E-state index is 12.2. The van der Waals surface area contributed by atoms with Gasteiger partial charge in [-0.1, -0.05) is 20.8 Å². The first-order valence-electron chi connectivity index (χ1n) is 6.56. The van der Waals surface area contributed by atoms with Gasteiger partial charge in [0.1, 0.15) is 18.7 Å². The highest BCUT2D eigenvalue weighted by Crippen LogP contribution is 2.27. The van der Waals surface area contributed by atoms with Crippen molar-refractivity contribution in [3.05, 3.63) is 0 Å². The van der Waals surface area contributed by atoms with Crippen LogP contribution < -0.4 is 5.32 Å². The number of carbonyl (C=O) groups excluding carboxylic acids is 1. The molecule has 1 unspecified atom stereocenters. The van der Waals surface area contributed by atoms with Crippen molar-refractivity contribution in [2.45, 2.75) is 39.7 Å². The van der Waals surface area contributed by atoms with Crippen LogP contribution in [0.5, 0.6) is 0 Å². The topological polar surface area (TPSA) is 38.3 Å². The maximum Gasteiger partial charge on any atom is 0.326 e. The van der Waals surface area contributed by atoms with E-state index in [1.165, 1.54) is 0 Å². The Labute approximate surface area is 112 Å². The van der Waals surface area contributed by atoms with E-state index < -0.39 is 5.54 Å². The van der Waals surface area contributed by atoms with Gasteiger partial charge in [0.25, 0.3) is 0 Å². The fourth-order valence-corrected chi connectivity index (χ4v) is 1.89. The minimum atomic E-state index is -0.608. The number of hydrogen-bond donors (Lipinski definition) is 1. The molecule has 0 fully saturated rings. The van der Waals surface area contributed by atoms with Crippen LogP contribution in [-0.4, -0.2) is 57.3 Å². The molecule has 1 atom stereocenters. The van der Waals surface area contributed by atoms with E-state index in [9.17, 15) is 4.79 Å². The van der Waals surface area contributed by atoms with E-state index >= 15 is 0 Å². The molecule has 0 aliphatic rings. The van der Waals surface area contributed by atoms with Gasteiger partial charge in [0, 0.05) is 0 Å². The van der Waals surface area contributed by atoms with Gasteiger partial charge in [-0.25, -0.2) is 0 Å². The highest BCUT2D eigenvalue weighted by molar-refractivity contribution is 5.80. The molecule has 0 saturated carbocycles. The third-order valence-electron chi connectivity index (χ3n) is 2.88. The minimum Gasteiger partial charge on any atom is -0.458 e. The van der Waals surface area contributed by atoms with Crippen molar-refractivity contribution in [2.75, 3.05) is 41.3 Å². The normalized spacial score (nSPS) is 16.2. The molecule has 0 heterocycles. The fourth-order valence-electron chi connectivity index (χ4n) is 1.89. The lowest BCUT2D eigenvalue weighted by Gasteiger charge is -2.33. The van der Waals surface area contributed by atoms with Gasteiger partial charge in [-0.05, 0) is 25.8 Å². The summed E-state index contributed by atoms with van der Waals surface area (Å²) in [5, 5.41) is 3.10. The van der Waals surface area contributed by atoms with Gasteiger partial charge in [-0.15, -0.1) is 0 Å². The van der Waals surface area contributed by atoms with Crippen molar-refractivity contribution in [3.8, 4) is 0 Å². The minimum absolute atomic E-state index is 0.0802. The van der Waals surface area contributed by atoms with Gasteiger partial charge in [0.05, 0.1) is 21.1 Å². The third-order valence-corrected chi connectivity index (χ3v) is 2.88. The Hall–Kier alpha value is -0.610. The molecule has 4 heteroatoms. The van der Waals surface area contributed by atoms with Crippen LogP contribution in [0.15, 0.2) is 0 Å². The number of carbonyl (C=O) groups is 1. The van der Waals surface area contributed by atoms with Gasteiger partial charge >= 0.3 is 5.97 Å². The lowest BCUT2D eigenvalue weighted by Crippen LogP contribution is -2.51. The van der Waals surface area contributed by atoms with Gasteiger partial charge < -0.3 is 14.5 Å². The number of likely N-dealkylation sites (N-methyl/N-ethyl adjacent to an activating group) is 2. The average molecular weight is 259 g/mol. The average Bonchev–Trinajstić information content (AvgIpc) is 2.12. The molecule has 108 valence electrons. The van der Waals surface area contributed by atoms with Crippen molar-refractivity contribution in [1.82, 2.24) is 5.32 Å². The molecule has 1 N–H and O–H groups in total. The first-order valence-corrected chi connectivity index (χ1v) is 6.56. The molecule has 0 aliphatic heterocycles. The summed E-state index contributed by atoms with van der Waals surface area (Å²) in [6.45, 7) is 9.57. The molecular weight excluding hydrogens is 228 g/mol. The summed E-state index contributed by atoms with van der Waals surface area (Å²) in [7, 11) is 8.06. The second kappa shape index (κ2) is 6.02. The lowest BCUT2D eigenvalue weighted by molar-refractivity contribution is -0.870. The van der Waals surface area contributed by atoms with Crippen molar-refractivity contribution in [2.24, 2.45) is 5.41 Å². The van der Waals surface area contributed by atoms with Crippen molar-refractivity contribution in [3.63, 3.8) is 0 Å². The Kier molecular flexibility index (Phi) is 5.82. The Morgan fingerprint density at radius 1 is 1.17 bits per heavy atom. The fraction of sp³-hybridized carbons (Fsp3) is 0.929. The van der Waals surface area contributed by atoms with Gasteiger partial charge in [0.15, 0.2) is 0 Å². The highest BCUT2D eigenvalue weighted by atomic mass is 16.5. The molecule has 0 amide bonds. The van der Waals surface area contributed by atoms with Gasteiger partial charge in [-0.2, -0.15) is 0 Å². The SMILES string of the molecule is CNC(C)(CC(C)(C)C)C(=O)OCC[N+](C)(C)C. The van der Waals surface area contributed by atoms with E-state index in [1.54, 1.807) is 0 Å². The summed E-state index contributed by atoms with van der Waals surface area (Å²) in [6.07, 6.45) is 0.750. The molecule has 18 heavy (non-hydrogen) atoms. The first kappa shape index (κ1) is 17.4. The molecule has 0 rings (SSSR count). The highest BCUT2D eigenvalue weighted by Gasteiger charge is 2.37. The lowest BCUT2D eigenvalue weighted by atomic mass is 9.81. The zero-order valence-corrected chi connectivity index (χ0v) is 13.4. The summed E-state index contributed by atoms with van der Waals surface area (Å²) in [4.78, 5) is 12.2. The van der Waals surface area contributed by atoms with E-state index in [0.29, 0.717) is 6.61 Å². The third kappa shape index (κ3) is 6.97. The molecule has 0 bridgehead atoms. The Balaban J connectivity index is 4.44. The molecular formula is C14H31N2O2+. The number of hydrogen-bond acceptors (Lipinski definition) is 3. The molecule has 4 nitrogen and oxygen atoms in total. The van der Waals surface area contributed by atoms with E-state index in [1.807, 2.05) is 14.0 Å². The Morgan fingerprint density at radius 2 is 1.67 bits per heavy atom. The molecule has 0 aliphatic carbocycles. The number of nitrogens with zero attached hydrogens (tertiary/aromatic N) is 1. The number of quaternary nitrogens is 1. The second-order valence-electron chi connectivity index (χ2n) is 7.47. The summed E-state index contributed by atoms with van der Waals surface area (Å²) in [6, 6.07) is 0. The molecule has 0 spiro atoms. The van der Waals surface area contributed by atoms with Crippen molar-refractivity contribution in [1.29, 1.82) is 0 Å². The van der Waals surface area contributed by atoms with Crippen molar-refractivity contribution >= 4 is 5.97 Å². The summed E-state index contributed by atoms with van der Waals surface area (Å²) >= 11 is 0. The number of nitrogens with one attached hydrogen (secondary N) is 1. The molecule has 0 aromatic rings. The maximum absolute atomic E-state index is 12.2. The van der Waals surface area contributed by atoms with Crippen LogP contribution in [0.25, 0.3) is 0 Å². The Morgan fingerprint density at radius 3 is 2.00 bits per heavy atom. The number of rotatable bonds is 6. The van der Waals surface area contributed by atoms with Crippen molar-refractivity contribution < 1.29 is 14.0 Å². The zero-order chi connectivity index (χ0) is 14.6. The second-order valence-corrected chi connectivity index (χ2v) is 7.47. The van der Waals surface area contributed by atoms with E-state index in [2.05, 4.69) is 47.2 Å². The first-order chi connectivity index (χ1) is 7.90. The van der Waals surface area contributed by atoms with Gasteiger partial charge in [-0.3, -0.25) is 4.79 Å². The largest absolute Gasteiger partial charge is 0.458 e. The van der Waals surface area contributed by atoms with Crippen LogP contribution in [0.1, 0.15) is 34.1 Å². The number of esters is 1. The smallest absolute Gasteiger partial charge is 0.326 e. The molecule has 0 aromatic carbocycles. The monoisotopic (exact) mass is 259 g/mol. The quantitative estimate of drug-likeness (QED) is 0.582. The van der Waals surface area contributed by atoms with Crippen LogP contribution in [0, 0.1) is 5.41 Å². The van der Waals surface area contributed by atoms with Crippen LogP contribution >= 0.6 is 0 Å². The predicted molar refractivity (Wildman–Crippen MR) is 75.4 cm³/mol. The molecule has 0 radical (unpaired) electrons. The summed E-state index contributed by atoms with van der Waals surface area (Å²) in [5.74, 6) is -0.159. The van der Waals surface area contributed by atoms with Crippen LogP contribution in [-0.2, 0) is 9.53 Å². The Bertz CT molecular complexity index is 276. The summed E-state index contributed by atoms with van der Waals surface area (Å²) < 4.78 is 6.20. The van der Waals surface area contributed by atoms with Crippen LogP contribution in [0.2, 0.25) is 0 Å².